The summed E-state index contributed by atoms with van der Waals surface area (Å²) in [5, 5.41) is 2.67. The Kier molecular flexibility index (Phi) is 4.24. The van der Waals surface area contributed by atoms with Gasteiger partial charge in [-0.1, -0.05) is 40.9 Å². The van der Waals surface area contributed by atoms with E-state index in [0.717, 1.165) is 0 Å². The van der Waals surface area contributed by atoms with Crippen LogP contribution in [0, 0.1) is 5.82 Å². The molecule has 19 heavy (non-hydrogen) atoms. The highest BCUT2D eigenvalue weighted by molar-refractivity contribution is 6.41. The Labute approximate surface area is 123 Å². The van der Waals surface area contributed by atoms with E-state index in [1.54, 1.807) is 0 Å². The van der Waals surface area contributed by atoms with Gasteiger partial charge in [0.1, 0.15) is 11.0 Å². The Morgan fingerprint density at radius 1 is 1.21 bits per heavy atom. The first-order valence-electron chi connectivity index (χ1n) is 5.05. The molecular formula is C12H6Cl3FN2O. The van der Waals surface area contributed by atoms with E-state index in [1.807, 2.05) is 0 Å². The fourth-order valence-electron chi connectivity index (χ4n) is 1.35. The molecule has 2 rings (SSSR count). The first kappa shape index (κ1) is 14.1. The van der Waals surface area contributed by atoms with Crippen molar-refractivity contribution in [2.24, 2.45) is 0 Å². The van der Waals surface area contributed by atoms with Crippen LogP contribution in [0.2, 0.25) is 15.2 Å². The molecule has 0 aliphatic carbocycles. The maximum Gasteiger partial charge on any atom is 0.257 e. The number of carbonyl (C=O) groups is 1. The number of pyridine rings is 1. The quantitative estimate of drug-likeness (QED) is 0.832. The summed E-state index contributed by atoms with van der Waals surface area (Å²) < 4.78 is 13.5. The second-order valence-electron chi connectivity index (χ2n) is 3.55. The summed E-state index contributed by atoms with van der Waals surface area (Å²) in [6.07, 6.45) is 1.23. The zero-order valence-electron chi connectivity index (χ0n) is 9.25. The lowest BCUT2D eigenvalue weighted by Gasteiger charge is -2.08. The molecule has 0 saturated heterocycles. The lowest BCUT2D eigenvalue weighted by Crippen LogP contribution is -2.13. The molecule has 0 aliphatic rings. The van der Waals surface area contributed by atoms with E-state index in [-0.39, 0.29) is 26.4 Å². The van der Waals surface area contributed by atoms with Gasteiger partial charge >= 0.3 is 0 Å². The predicted octanol–water partition coefficient (Wildman–Crippen LogP) is 4.43. The van der Waals surface area contributed by atoms with Gasteiger partial charge in [0.2, 0.25) is 0 Å². The highest BCUT2D eigenvalue weighted by Gasteiger charge is 2.13. The summed E-state index contributed by atoms with van der Waals surface area (Å²) in [6.45, 7) is 0. The van der Waals surface area contributed by atoms with E-state index < -0.39 is 11.7 Å². The van der Waals surface area contributed by atoms with Gasteiger partial charge in [0.05, 0.1) is 21.3 Å². The number of anilines is 1. The van der Waals surface area contributed by atoms with Crippen molar-refractivity contribution in [3.63, 3.8) is 0 Å². The van der Waals surface area contributed by atoms with Crippen molar-refractivity contribution in [1.82, 2.24) is 4.98 Å². The van der Waals surface area contributed by atoms with E-state index in [0.29, 0.717) is 0 Å². The summed E-state index contributed by atoms with van der Waals surface area (Å²) in [6, 6.07) is 5.43. The lowest BCUT2D eigenvalue weighted by molar-refractivity contribution is 0.102. The van der Waals surface area contributed by atoms with Crippen molar-refractivity contribution in [2.45, 2.75) is 0 Å². The molecule has 0 saturated carbocycles. The first-order valence-corrected chi connectivity index (χ1v) is 6.19. The van der Waals surface area contributed by atoms with Gasteiger partial charge in [0.15, 0.2) is 0 Å². The number of nitrogens with zero attached hydrogens (tertiary/aromatic N) is 1. The van der Waals surface area contributed by atoms with Gasteiger partial charge in [0, 0.05) is 6.20 Å². The van der Waals surface area contributed by atoms with E-state index in [4.69, 9.17) is 34.8 Å². The van der Waals surface area contributed by atoms with Crippen LogP contribution in [0.3, 0.4) is 0 Å². The average Bonchev–Trinajstić information content (AvgIpc) is 2.37. The first-order chi connectivity index (χ1) is 8.99. The number of nitrogens with one attached hydrogen (secondary N) is 1. The minimum atomic E-state index is -0.631. The summed E-state index contributed by atoms with van der Waals surface area (Å²) in [5.74, 6) is -1.22. The number of para-hydroxylation sites is 1. The molecule has 2 aromatic rings. The molecule has 1 aromatic heterocycles. The number of hydrogen-bond acceptors (Lipinski definition) is 2. The Hall–Kier alpha value is -1.36. The van der Waals surface area contributed by atoms with Crippen LogP contribution >= 0.6 is 34.8 Å². The monoisotopic (exact) mass is 318 g/mol. The van der Waals surface area contributed by atoms with Crippen LogP contribution in [0.4, 0.5) is 10.1 Å². The molecule has 0 bridgehead atoms. The molecule has 0 fully saturated rings. The molecule has 1 heterocycles. The number of aromatic nitrogens is 1. The Bertz CT molecular complexity index is 629. The fourth-order valence-corrected chi connectivity index (χ4v) is 1.83. The van der Waals surface area contributed by atoms with Crippen molar-refractivity contribution < 1.29 is 9.18 Å². The normalized spacial score (nSPS) is 10.3. The third kappa shape index (κ3) is 3.15. The van der Waals surface area contributed by atoms with Gasteiger partial charge in [-0.2, -0.15) is 0 Å². The fraction of sp³-hybridized carbons (Fsp3) is 0. The van der Waals surface area contributed by atoms with Crippen molar-refractivity contribution in [3.8, 4) is 0 Å². The van der Waals surface area contributed by atoms with Gasteiger partial charge in [-0.05, 0) is 18.2 Å². The van der Waals surface area contributed by atoms with Crippen molar-refractivity contribution in [1.29, 1.82) is 0 Å². The van der Waals surface area contributed by atoms with Crippen LogP contribution in [0.1, 0.15) is 10.4 Å². The predicted molar refractivity (Wildman–Crippen MR) is 73.6 cm³/mol. The van der Waals surface area contributed by atoms with Crippen LogP contribution < -0.4 is 5.32 Å². The van der Waals surface area contributed by atoms with Gasteiger partial charge in [0.25, 0.3) is 5.91 Å². The smallest absolute Gasteiger partial charge is 0.257 e. The molecule has 0 radical (unpaired) electrons. The number of halogens is 4. The molecule has 1 N–H and O–H groups in total. The van der Waals surface area contributed by atoms with Gasteiger partial charge in [-0.25, -0.2) is 9.37 Å². The van der Waals surface area contributed by atoms with Crippen molar-refractivity contribution in [2.75, 3.05) is 5.32 Å². The molecule has 7 heteroatoms. The third-order valence-corrected chi connectivity index (χ3v) is 3.26. The lowest BCUT2D eigenvalue weighted by atomic mass is 10.2. The highest BCUT2D eigenvalue weighted by atomic mass is 35.5. The van der Waals surface area contributed by atoms with Gasteiger partial charge in [-0.3, -0.25) is 4.79 Å². The topological polar surface area (TPSA) is 42.0 Å². The van der Waals surface area contributed by atoms with E-state index in [1.165, 1.54) is 30.5 Å². The van der Waals surface area contributed by atoms with Crippen LogP contribution in [0.25, 0.3) is 0 Å². The van der Waals surface area contributed by atoms with E-state index >= 15 is 0 Å². The second kappa shape index (κ2) is 5.74. The number of carbonyl (C=O) groups excluding carboxylic acids is 1. The SMILES string of the molecule is O=C(Nc1c(F)cccc1Cl)c1cnc(Cl)c(Cl)c1. The molecule has 0 atom stereocenters. The Morgan fingerprint density at radius 3 is 2.58 bits per heavy atom. The van der Waals surface area contributed by atoms with E-state index in [9.17, 15) is 9.18 Å². The third-order valence-electron chi connectivity index (χ3n) is 2.26. The standard InChI is InChI=1S/C12H6Cl3FN2O/c13-7-2-1-3-9(16)10(7)18-12(19)6-4-8(14)11(15)17-5-6/h1-5H,(H,18,19). The number of hydrogen-bond donors (Lipinski definition) is 1. The minimum Gasteiger partial charge on any atom is -0.318 e. The summed E-state index contributed by atoms with van der Waals surface area (Å²) in [7, 11) is 0. The van der Waals surface area contributed by atoms with Gasteiger partial charge < -0.3 is 5.32 Å². The molecule has 98 valence electrons. The molecule has 0 aliphatic heterocycles. The second-order valence-corrected chi connectivity index (χ2v) is 4.72. The zero-order valence-corrected chi connectivity index (χ0v) is 11.5. The van der Waals surface area contributed by atoms with Crippen LogP contribution in [0.5, 0.6) is 0 Å². The van der Waals surface area contributed by atoms with Crippen LogP contribution in [0.15, 0.2) is 30.5 Å². The Morgan fingerprint density at radius 2 is 1.95 bits per heavy atom. The van der Waals surface area contributed by atoms with E-state index in [2.05, 4.69) is 10.3 Å². The highest BCUT2D eigenvalue weighted by Crippen LogP contribution is 2.26. The average molecular weight is 320 g/mol. The molecule has 1 amide bonds. The summed E-state index contributed by atoms with van der Waals surface area (Å²) >= 11 is 17.2. The molecule has 0 spiro atoms. The number of benzene rings is 1. The maximum atomic E-state index is 13.5. The molecule has 1 aromatic carbocycles. The Balaban J connectivity index is 2.28. The maximum absolute atomic E-state index is 13.5. The van der Waals surface area contributed by atoms with Crippen LogP contribution in [-0.2, 0) is 0 Å². The van der Waals surface area contributed by atoms with Crippen molar-refractivity contribution >= 4 is 46.4 Å². The van der Waals surface area contributed by atoms with Gasteiger partial charge in [-0.15, -0.1) is 0 Å². The zero-order chi connectivity index (χ0) is 14.0. The minimum absolute atomic E-state index is 0.0853. The van der Waals surface area contributed by atoms with Crippen LogP contribution in [-0.4, -0.2) is 10.9 Å². The number of rotatable bonds is 2. The number of amides is 1. The summed E-state index contributed by atoms with van der Waals surface area (Å²) in [5.41, 5.74) is 0.0500. The molecule has 0 unspecified atom stereocenters. The summed E-state index contributed by atoms with van der Waals surface area (Å²) in [4.78, 5) is 15.6. The molecule has 3 nitrogen and oxygen atoms in total. The van der Waals surface area contributed by atoms with Crippen molar-refractivity contribution in [3.05, 3.63) is 57.0 Å². The molecular weight excluding hydrogens is 314 g/mol. The largest absolute Gasteiger partial charge is 0.318 e.